The van der Waals surface area contributed by atoms with Crippen LogP contribution in [0.25, 0.3) is 0 Å². The molecule has 134 valence electrons. The summed E-state index contributed by atoms with van der Waals surface area (Å²) >= 11 is 5.85. The number of hydrogen-bond acceptors (Lipinski definition) is 3. The van der Waals surface area contributed by atoms with E-state index in [-0.39, 0.29) is 6.09 Å². The Hall–Kier alpha value is -1.26. The van der Waals surface area contributed by atoms with Crippen molar-refractivity contribution >= 4 is 17.7 Å². The van der Waals surface area contributed by atoms with Gasteiger partial charge >= 0.3 is 6.09 Å². The van der Waals surface area contributed by atoms with Crippen LogP contribution in [0.1, 0.15) is 44.7 Å². The summed E-state index contributed by atoms with van der Waals surface area (Å²) in [5, 5.41) is 0. The second-order valence-corrected chi connectivity index (χ2v) is 7.65. The van der Waals surface area contributed by atoms with Gasteiger partial charge in [-0.05, 0) is 50.7 Å². The Balaban J connectivity index is 1.68. The first-order chi connectivity index (χ1) is 11.4. The van der Waals surface area contributed by atoms with Gasteiger partial charge in [0.1, 0.15) is 5.60 Å². The molecule has 0 N–H and O–H groups in total. The molecule has 1 amide bonds. The molecule has 1 heterocycles. The van der Waals surface area contributed by atoms with E-state index in [0.29, 0.717) is 18.4 Å². The maximum absolute atomic E-state index is 12.0. The summed E-state index contributed by atoms with van der Waals surface area (Å²) in [7, 11) is 0. The lowest BCUT2D eigenvalue weighted by Gasteiger charge is -2.33. The van der Waals surface area contributed by atoms with Crippen molar-refractivity contribution in [2.45, 2.75) is 51.7 Å². The Bertz CT molecular complexity index is 534. The zero-order valence-electron chi connectivity index (χ0n) is 14.9. The number of carbonyl (C=O) groups is 1. The molecule has 0 bridgehead atoms. The maximum Gasteiger partial charge on any atom is 0.410 e. The molecule has 1 aliphatic heterocycles. The van der Waals surface area contributed by atoms with E-state index >= 15 is 0 Å². The molecular formula is C19H28ClNO3. The lowest BCUT2D eigenvalue weighted by atomic mass is 9.98. The van der Waals surface area contributed by atoms with Crippen LogP contribution in [-0.2, 0) is 22.0 Å². The van der Waals surface area contributed by atoms with Crippen LogP contribution in [0.15, 0.2) is 24.3 Å². The summed E-state index contributed by atoms with van der Waals surface area (Å²) in [6, 6.07) is 8.16. The molecule has 24 heavy (non-hydrogen) atoms. The van der Waals surface area contributed by atoms with Crippen molar-refractivity contribution in [1.82, 2.24) is 4.90 Å². The zero-order chi connectivity index (χ0) is 17.6. The van der Waals surface area contributed by atoms with Gasteiger partial charge in [0.15, 0.2) is 0 Å². The van der Waals surface area contributed by atoms with Gasteiger partial charge in [0, 0.05) is 25.6 Å². The monoisotopic (exact) mass is 353 g/mol. The highest BCUT2D eigenvalue weighted by Crippen LogP contribution is 2.20. The number of amides is 1. The van der Waals surface area contributed by atoms with Crippen molar-refractivity contribution in [1.29, 1.82) is 0 Å². The average molecular weight is 354 g/mol. The molecule has 5 heteroatoms. The highest BCUT2D eigenvalue weighted by atomic mass is 35.5. The molecule has 0 radical (unpaired) electrons. The number of alkyl halides is 1. The van der Waals surface area contributed by atoms with Gasteiger partial charge in [-0.3, -0.25) is 0 Å². The maximum atomic E-state index is 12.0. The average Bonchev–Trinajstić information content (AvgIpc) is 2.54. The van der Waals surface area contributed by atoms with Crippen LogP contribution in [0, 0.1) is 5.92 Å². The lowest BCUT2D eigenvalue weighted by molar-refractivity contribution is 0.0105. The number of ether oxygens (including phenoxy) is 2. The second kappa shape index (κ2) is 8.72. The molecule has 0 aromatic heterocycles. The normalized spacial score (nSPS) is 16.2. The summed E-state index contributed by atoms with van der Waals surface area (Å²) in [4.78, 5) is 13.8. The third-order valence-corrected chi connectivity index (χ3v) is 4.34. The van der Waals surface area contributed by atoms with Crippen molar-refractivity contribution in [3.8, 4) is 0 Å². The third-order valence-electron chi connectivity index (χ3n) is 4.03. The van der Waals surface area contributed by atoms with Gasteiger partial charge in [0.25, 0.3) is 0 Å². The Morgan fingerprint density at radius 2 is 1.92 bits per heavy atom. The van der Waals surface area contributed by atoms with E-state index in [1.165, 1.54) is 0 Å². The highest BCUT2D eigenvalue weighted by molar-refractivity contribution is 6.17. The zero-order valence-corrected chi connectivity index (χ0v) is 15.6. The fourth-order valence-corrected chi connectivity index (χ4v) is 2.92. The summed E-state index contributed by atoms with van der Waals surface area (Å²) in [5.74, 6) is 1.02. The number of halogens is 1. The van der Waals surface area contributed by atoms with Gasteiger partial charge in [-0.1, -0.05) is 24.3 Å². The van der Waals surface area contributed by atoms with E-state index in [1.807, 2.05) is 32.9 Å². The highest BCUT2D eigenvalue weighted by Gasteiger charge is 2.26. The molecule has 1 aliphatic rings. The number of nitrogens with zero attached hydrogens (tertiary/aromatic N) is 1. The van der Waals surface area contributed by atoms with Crippen LogP contribution in [0.5, 0.6) is 0 Å². The molecule has 4 nitrogen and oxygen atoms in total. The summed E-state index contributed by atoms with van der Waals surface area (Å²) in [5.41, 5.74) is 1.83. The molecule has 0 atom stereocenters. The first kappa shape index (κ1) is 19.1. The smallest absolute Gasteiger partial charge is 0.410 e. The fourth-order valence-electron chi connectivity index (χ4n) is 2.75. The van der Waals surface area contributed by atoms with Crippen molar-refractivity contribution < 1.29 is 14.3 Å². The van der Waals surface area contributed by atoms with Crippen LogP contribution in [-0.4, -0.2) is 36.3 Å². The SMILES string of the molecule is CC(C)(C)OC(=O)N1CCC(COCc2cccc(CCl)c2)CC1. The van der Waals surface area contributed by atoms with Gasteiger partial charge in [-0.25, -0.2) is 4.79 Å². The van der Waals surface area contributed by atoms with E-state index in [4.69, 9.17) is 21.1 Å². The molecule has 1 saturated heterocycles. The topological polar surface area (TPSA) is 38.8 Å². The van der Waals surface area contributed by atoms with E-state index in [9.17, 15) is 4.79 Å². The number of piperidine rings is 1. The van der Waals surface area contributed by atoms with E-state index in [1.54, 1.807) is 4.90 Å². The van der Waals surface area contributed by atoms with Gasteiger partial charge in [-0.2, -0.15) is 0 Å². The summed E-state index contributed by atoms with van der Waals surface area (Å²) in [6.07, 6.45) is 1.71. The lowest BCUT2D eigenvalue weighted by Crippen LogP contribution is -2.42. The number of hydrogen-bond donors (Lipinski definition) is 0. The van der Waals surface area contributed by atoms with Gasteiger partial charge in [0.05, 0.1) is 6.61 Å². The Labute approximate surface area is 150 Å². The standard InChI is InChI=1S/C19H28ClNO3/c1-19(2,3)24-18(22)21-9-7-15(8-10-21)13-23-14-17-6-4-5-16(11-17)12-20/h4-6,11,15H,7-10,12-14H2,1-3H3. The molecule has 0 unspecified atom stereocenters. The van der Waals surface area contributed by atoms with Crippen LogP contribution < -0.4 is 0 Å². The molecule has 1 fully saturated rings. The minimum atomic E-state index is -0.436. The molecule has 0 spiro atoms. The van der Waals surface area contributed by atoms with Crippen molar-refractivity contribution in [2.24, 2.45) is 5.92 Å². The molecule has 1 aromatic carbocycles. The molecule has 2 rings (SSSR count). The largest absolute Gasteiger partial charge is 0.444 e. The Morgan fingerprint density at radius 3 is 2.54 bits per heavy atom. The van der Waals surface area contributed by atoms with Crippen molar-refractivity contribution in [3.05, 3.63) is 35.4 Å². The van der Waals surface area contributed by atoms with Gasteiger partial charge in [-0.15, -0.1) is 11.6 Å². The predicted octanol–water partition coefficient (Wildman–Crippen LogP) is 4.59. The first-order valence-corrected chi connectivity index (χ1v) is 9.10. The number of carbonyl (C=O) groups excluding carboxylic acids is 1. The van der Waals surface area contributed by atoms with E-state index in [2.05, 4.69) is 12.1 Å². The van der Waals surface area contributed by atoms with Crippen LogP contribution in [0.4, 0.5) is 4.79 Å². The van der Waals surface area contributed by atoms with Crippen LogP contribution in [0.2, 0.25) is 0 Å². The fraction of sp³-hybridized carbons (Fsp3) is 0.632. The molecule has 0 aliphatic carbocycles. The Kier molecular flexibility index (Phi) is 6.93. The Morgan fingerprint density at radius 1 is 1.25 bits per heavy atom. The molecule has 0 saturated carbocycles. The van der Waals surface area contributed by atoms with Crippen molar-refractivity contribution in [2.75, 3.05) is 19.7 Å². The summed E-state index contributed by atoms with van der Waals surface area (Å²) < 4.78 is 11.3. The predicted molar refractivity (Wildman–Crippen MR) is 96.2 cm³/mol. The van der Waals surface area contributed by atoms with Gasteiger partial charge in [0.2, 0.25) is 0 Å². The molecule has 1 aromatic rings. The minimum Gasteiger partial charge on any atom is -0.444 e. The van der Waals surface area contributed by atoms with Crippen LogP contribution in [0.3, 0.4) is 0 Å². The summed E-state index contributed by atoms with van der Waals surface area (Å²) in [6.45, 7) is 8.50. The van der Waals surface area contributed by atoms with Crippen LogP contribution >= 0.6 is 11.6 Å². The minimum absolute atomic E-state index is 0.209. The van der Waals surface area contributed by atoms with Crippen molar-refractivity contribution in [3.63, 3.8) is 0 Å². The molecular weight excluding hydrogens is 326 g/mol. The second-order valence-electron chi connectivity index (χ2n) is 7.38. The number of benzene rings is 1. The quantitative estimate of drug-likeness (QED) is 0.727. The number of rotatable bonds is 5. The van der Waals surface area contributed by atoms with Gasteiger partial charge < -0.3 is 14.4 Å². The van der Waals surface area contributed by atoms with E-state index in [0.717, 1.165) is 43.7 Å². The third kappa shape index (κ3) is 6.33. The first-order valence-electron chi connectivity index (χ1n) is 8.57. The number of likely N-dealkylation sites (tertiary alicyclic amines) is 1. The van der Waals surface area contributed by atoms with E-state index < -0.39 is 5.60 Å².